The zero-order valence-corrected chi connectivity index (χ0v) is 18.1. The molecular formula is C21H29BF4N4O2. The maximum atomic E-state index is 12.2. The average molecular weight is 456 g/mol. The number of ether oxygens (including phenoxy) is 1. The maximum Gasteiger partial charge on any atom is 0.673 e. The minimum Gasteiger partial charge on any atom is -0.458 e. The van der Waals surface area contributed by atoms with Gasteiger partial charge in [-0.25, -0.2) is 13.9 Å². The first-order valence-corrected chi connectivity index (χ1v) is 10.5. The molecule has 1 aliphatic rings. The molecule has 1 aromatic carbocycles. The number of benzene rings is 1. The van der Waals surface area contributed by atoms with Crippen molar-refractivity contribution in [1.82, 2.24) is 4.57 Å². The van der Waals surface area contributed by atoms with Crippen molar-refractivity contribution in [3.05, 3.63) is 54.1 Å². The molecule has 0 aliphatic heterocycles. The summed E-state index contributed by atoms with van der Waals surface area (Å²) in [7, 11) is -4.05. The molecule has 0 saturated heterocycles. The molecule has 0 saturated carbocycles. The summed E-state index contributed by atoms with van der Waals surface area (Å²) in [6.07, 6.45) is 14.3. The number of hydrogen-bond donors (Lipinski definition) is 2. The Bertz CT molecular complexity index is 909. The fourth-order valence-electron chi connectivity index (χ4n) is 3.30. The van der Waals surface area contributed by atoms with Gasteiger partial charge in [0.2, 0.25) is 6.33 Å². The summed E-state index contributed by atoms with van der Waals surface area (Å²) in [6.45, 7) is 1.80. The van der Waals surface area contributed by atoms with Crippen molar-refractivity contribution in [2.75, 3.05) is 24.2 Å². The molecule has 3 N–H and O–H groups in total. The highest BCUT2D eigenvalue weighted by Gasteiger charge is 2.20. The van der Waals surface area contributed by atoms with Gasteiger partial charge in [-0.15, -0.1) is 0 Å². The Labute approximate surface area is 185 Å². The normalized spacial score (nSPS) is 13.6. The number of carbonyl (C=O) groups excluding carboxylic acids is 1. The van der Waals surface area contributed by atoms with Crippen LogP contribution in [0.15, 0.2) is 48.6 Å². The lowest BCUT2D eigenvalue weighted by molar-refractivity contribution is -0.671. The van der Waals surface area contributed by atoms with E-state index in [1.807, 2.05) is 41.0 Å². The van der Waals surface area contributed by atoms with Crippen LogP contribution in [0.4, 0.5) is 28.6 Å². The van der Waals surface area contributed by atoms with Crippen LogP contribution in [-0.2, 0) is 18.3 Å². The van der Waals surface area contributed by atoms with E-state index in [2.05, 4.69) is 11.4 Å². The van der Waals surface area contributed by atoms with Crippen LogP contribution in [-0.4, -0.2) is 30.9 Å². The summed E-state index contributed by atoms with van der Waals surface area (Å²) in [4.78, 5) is 12.2. The molecule has 2 aromatic rings. The highest BCUT2D eigenvalue weighted by molar-refractivity contribution is 6.50. The van der Waals surface area contributed by atoms with Crippen molar-refractivity contribution in [1.29, 1.82) is 0 Å². The number of carbonyl (C=O) groups is 1. The van der Waals surface area contributed by atoms with Crippen LogP contribution in [0.3, 0.4) is 0 Å². The number of anilines is 2. The smallest absolute Gasteiger partial charge is 0.458 e. The summed E-state index contributed by atoms with van der Waals surface area (Å²) in [5.74, 6) is -0.350. The number of nitrogens with zero attached hydrogens (tertiary/aromatic N) is 2. The van der Waals surface area contributed by atoms with E-state index in [9.17, 15) is 22.1 Å². The number of aryl methyl sites for hydroxylation is 1. The van der Waals surface area contributed by atoms with E-state index in [-0.39, 0.29) is 5.97 Å². The SMILES string of the molecule is C[n+]1ccn(CCOC(=O)c2ccc(NCCC3=CCCCC3)c(N)c2)c1.F[B-](F)(F)F. The van der Waals surface area contributed by atoms with Gasteiger partial charge in [0.15, 0.2) is 0 Å². The number of nitrogens with one attached hydrogen (secondary N) is 1. The molecule has 1 aromatic heterocycles. The van der Waals surface area contributed by atoms with Crippen LogP contribution in [0.5, 0.6) is 0 Å². The monoisotopic (exact) mass is 456 g/mol. The van der Waals surface area contributed by atoms with Gasteiger partial charge in [-0.1, -0.05) is 11.6 Å². The molecule has 0 unspecified atom stereocenters. The number of hydrogen-bond acceptors (Lipinski definition) is 4. The van der Waals surface area contributed by atoms with Gasteiger partial charge >= 0.3 is 13.2 Å². The number of aromatic nitrogens is 2. The molecule has 0 fully saturated rings. The van der Waals surface area contributed by atoms with E-state index >= 15 is 0 Å². The van der Waals surface area contributed by atoms with Crippen molar-refractivity contribution >= 4 is 24.6 Å². The summed E-state index contributed by atoms with van der Waals surface area (Å²) >= 11 is 0. The van der Waals surface area contributed by atoms with Gasteiger partial charge in [-0.05, 0) is 50.3 Å². The van der Waals surface area contributed by atoms with Crippen LogP contribution in [0.2, 0.25) is 0 Å². The number of esters is 1. The molecule has 0 atom stereocenters. The van der Waals surface area contributed by atoms with E-state index in [1.165, 1.54) is 31.3 Å². The molecule has 176 valence electrons. The molecule has 0 amide bonds. The van der Waals surface area contributed by atoms with Gasteiger partial charge in [0.05, 0.1) is 24.0 Å². The third kappa shape index (κ3) is 9.89. The van der Waals surface area contributed by atoms with Crippen molar-refractivity contribution in [3.8, 4) is 0 Å². The molecule has 32 heavy (non-hydrogen) atoms. The van der Waals surface area contributed by atoms with Gasteiger partial charge in [0, 0.05) is 6.54 Å². The van der Waals surface area contributed by atoms with Gasteiger partial charge < -0.3 is 33.0 Å². The summed E-state index contributed by atoms with van der Waals surface area (Å²) in [5.41, 5.74) is 9.55. The van der Waals surface area contributed by atoms with Crippen LogP contribution in [0.25, 0.3) is 0 Å². The first-order chi connectivity index (χ1) is 15.1. The molecular weight excluding hydrogens is 427 g/mol. The Hall–Kier alpha value is -2.98. The van der Waals surface area contributed by atoms with Crippen molar-refractivity contribution in [3.63, 3.8) is 0 Å². The molecule has 11 heteroatoms. The lowest BCUT2D eigenvalue weighted by atomic mass is 9.97. The summed E-state index contributed by atoms with van der Waals surface area (Å²) in [6, 6.07) is 5.30. The number of nitrogens with two attached hydrogens (primary N) is 1. The number of rotatable bonds is 8. The third-order valence-electron chi connectivity index (χ3n) is 4.84. The highest BCUT2D eigenvalue weighted by atomic mass is 19.5. The summed E-state index contributed by atoms with van der Waals surface area (Å²) in [5, 5.41) is 3.37. The largest absolute Gasteiger partial charge is 0.673 e. The number of nitrogen functional groups attached to an aromatic ring is 1. The average Bonchev–Trinajstić information content (AvgIpc) is 3.13. The zero-order valence-electron chi connectivity index (χ0n) is 18.1. The number of imidazole rings is 1. The van der Waals surface area contributed by atoms with Crippen molar-refractivity contribution in [2.45, 2.75) is 38.6 Å². The Balaban J connectivity index is 0.000000654. The molecule has 1 aliphatic carbocycles. The summed E-state index contributed by atoms with van der Waals surface area (Å²) < 4.78 is 48.3. The van der Waals surface area contributed by atoms with Crippen LogP contribution < -0.4 is 15.6 Å². The van der Waals surface area contributed by atoms with Crippen molar-refractivity contribution < 1.29 is 31.4 Å². The molecule has 0 spiro atoms. The Morgan fingerprint density at radius 3 is 2.62 bits per heavy atom. The Morgan fingerprint density at radius 1 is 1.28 bits per heavy atom. The van der Waals surface area contributed by atoms with E-state index < -0.39 is 7.25 Å². The molecule has 0 bridgehead atoms. The molecule has 6 nitrogen and oxygen atoms in total. The molecule has 1 heterocycles. The van der Waals surface area contributed by atoms with Crippen LogP contribution >= 0.6 is 0 Å². The fourth-order valence-corrected chi connectivity index (χ4v) is 3.30. The second-order valence-electron chi connectivity index (χ2n) is 7.53. The Morgan fingerprint density at radius 2 is 2.03 bits per heavy atom. The fraction of sp³-hybridized carbons (Fsp3) is 0.429. The quantitative estimate of drug-likeness (QED) is 0.155. The minimum absolute atomic E-state index is 0.322. The Kier molecular flexibility index (Phi) is 9.61. The van der Waals surface area contributed by atoms with Crippen LogP contribution in [0, 0.1) is 0 Å². The molecule has 0 radical (unpaired) electrons. The predicted molar refractivity (Wildman–Crippen MR) is 117 cm³/mol. The standard InChI is InChI=1S/C21H28N4O2.BF4/c1-24-11-12-25(16-24)13-14-27-21(26)18-7-8-20(19(22)15-18)23-10-9-17-5-3-2-4-6-17;2-1(3,4)5/h5,7-8,11-12,15-16H,2-4,6,9-10,13-14,22H2,1H3;/q;-1/p+1. The van der Waals surface area contributed by atoms with Gasteiger partial charge in [-0.2, -0.15) is 0 Å². The maximum absolute atomic E-state index is 12.2. The van der Waals surface area contributed by atoms with Gasteiger partial charge in [-0.3, -0.25) is 0 Å². The zero-order chi connectivity index (χ0) is 23.6. The molecule has 3 rings (SSSR count). The van der Waals surface area contributed by atoms with Crippen molar-refractivity contribution in [2.24, 2.45) is 7.05 Å². The number of halogens is 4. The first kappa shape index (κ1) is 25.3. The van der Waals surface area contributed by atoms with Crippen LogP contribution in [0.1, 0.15) is 42.5 Å². The first-order valence-electron chi connectivity index (χ1n) is 10.5. The number of allylic oxidation sites excluding steroid dienone is 1. The van der Waals surface area contributed by atoms with Gasteiger partial charge in [0.25, 0.3) is 0 Å². The van der Waals surface area contributed by atoms with Gasteiger partial charge in [0.1, 0.15) is 25.5 Å². The predicted octanol–water partition coefficient (Wildman–Crippen LogP) is 4.35. The third-order valence-corrected chi connectivity index (χ3v) is 4.84. The highest BCUT2D eigenvalue weighted by Crippen LogP contribution is 2.23. The van der Waals surface area contributed by atoms with E-state index in [0.717, 1.165) is 18.7 Å². The minimum atomic E-state index is -6.00. The van der Waals surface area contributed by atoms with E-state index in [0.29, 0.717) is 24.4 Å². The van der Waals surface area contributed by atoms with E-state index in [1.54, 1.807) is 12.1 Å². The second kappa shape index (κ2) is 12.2. The lowest BCUT2D eigenvalue weighted by Crippen LogP contribution is -2.24. The lowest BCUT2D eigenvalue weighted by Gasteiger charge is -2.14. The topological polar surface area (TPSA) is 73.2 Å². The second-order valence-corrected chi connectivity index (χ2v) is 7.53. The van der Waals surface area contributed by atoms with E-state index in [4.69, 9.17) is 10.5 Å².